The molecule has 0 bridgehead atoms. The van der Waals surface area contributed by atoms with Crippen molar-refractivity contribution in [3.63, 3.8) is 0 Å². The Morgan fingerprint density at radius 2 is 2.08 bits per heavy atom. The number of ether oxygens (including phenoxy) is 4. The number of benzene rings is 2. The monoisotopic (exact) mass is 357 g/mol. The Morgan fingerprint density at radius 3 is 2.85 bits per heavy atom. The number of rotatable bonds is 7. The molecule has 26 heavy (non-hydrogen) atoms. The van der Waals surface area contributed by atoms with Gasteiger partial charge in [-0.15, -0.1) is 0 Å². The van der Waals surface area contributed by atoms with Gasteiger partial charge in [-0.2, -0.15) is 0 Å². The third-order valence-corrected chi connectivity index (χ3v) is 4.14. The molecule has 1 aliphatic heterocycles. The lowest BCUT2D eigenvalue weighted by atomic mass is 10.1. The highest BCUT2D eigenvalue weighted by Crippen LogP contribution is 2.36. The fourth-order valence-electron chi connectivity index (χ4n) is 2.75. The molecule has 138 valence electrons. The van der Waals surface area contributed by atoms with Crippen molar-refractivity contribution in [3.8, 4) is 23.0 Å². The van der Waals surface area contributed by atoms with Gasteiger partial charge in [0.2, 0.25) is 6.79 Å². The van der Waals surface area contributed by atoms with E-state index in [2.05, 4.69) is 5.32 Å². The van der Waals surface area contributed by atoms with E-state index in [9.17, 15) is 4.79 Å². The highest BCUT2D eigenvalue weighted by Gasteiger charge is 2.23. The molecule has 0 saturated carbocycles. The number of nitrogens with one attached hydrogen (secondary N) is 1. The Balaban J connectivity index is 1.74. The van der Waals surface area contributed by atoms with Crippen LogP contribution in [0.5, 0.6) is 23.0 Å². The maximum Gasteiger partial charge on any atom is 0.255 e. The fourth-order valence-corrected chi connectivity index (χ4v) is 2.75. The molecule has 0 saturated heterocycles. The Kier molecular flexibility index (Phi) is 5.51. The summed E-state index contributed by atoms with van der Waals surface area (Å²) < 4.78 is 21.8. The van der Waals surface area contributed by atoms with Crippen LogP contribution < -0.4 is 24.3 Å². The molecule has 2 aromatic rings. The van der Waals surface area contributed by atoms with Crippen molar-refractivity contribution in [2.75, 3.05) is 20.5 Å². The van der Waals surface area contributed by atoms with E-state index < -0.39 is 0 Å². The van der Waals surface area contributed by atoms with E-state index in [-0.39, 0.29) is 18.7 Å². The Morgan fingerprint density at radius 1 is 1.23 bits per heavy atom. The molecule has 1 amide bonds. The van der Waals surface area contributed by atoms with E-state index >= 15 is 0 Å². The van der Waals surface area contributed by atoms with Crippen LogP contribution in [0.15, 0.2) is 36.4 Å². The van der Waals surface area contributed by atoms with Gasteiger partial charge in [0, 0.05) is 0 Å². The van der Waals surface area contributed by atoms with Crippen LogP contribution in [0.4, 0.5) is 0 Å². The molecule has 0 radical (unpaired) electrons. The van der Waals surface area contributed by atoms with Gasteiger partial charge in [0.1, 0.15) is 0 Å². The SMILES string of the molecule is CCCOc1ccc(C(C)NC(=O)c2cccc3c2OCO3)cc1OC. The van der Waals surface area contributed by atoms with Crippen molar-refractivity contribution in [2.24, 2.45) is 0 Å². The molecule has 1 heterocycles. The summed E-state index contributed by atoms with van der Waals surface area (Å²) in [6.07, 6.45) is 0.921. The number of hydrogen-bond donors (Lipinski definition) is 1. The molecule has 1 unspecified atom stereocenters. The predicted molar refractivity (Wildman–Crippen MR) is 97.2 cm³/mol. The standard InChI is InChI=1S/C20H23NO5/c1-4-10-24-16-9-8-14(11-18(16)23-3)13(2)21-20(22)15-6-5-7-17-19(15)26-12-25-17/h5-9,11,13H,4,10,12H2,1-3H3,(H,21,22). The molecule has 0 spiro atoms. The number of fused-ring (bicyclic) bond motifs is 1. The average molecular weight is 357 g/mol. The summed E-state index contributed by atoms with van der Waals surface area (Å²) >= 11 is 0. The van der Waals surface area contributed by atoms with Crippen molar-refractivity contribution >= 4 is 5.91 Å². The van der Waals surface area contributed by atoms with E-state index in [0.717, 1.165) is 12.0 Å². The van der Waals surface area contributed by atoms with Gasteiger partial charge in [-0.1, -0.05) is 19.1 Å². The predicted octanol–water partition coefficient (Wildman–Crippen LogP) is 3.70. The molecular formula is C20H23NO5. The van der Waals surface area contributed by atoms with Crippen LogP contribution >= 0.6 is 0 Å². The lowest BCUT2D eigenvalue weighted by Gasteiger charge is -2.17. The minimum Gasteiger partial charge on any atom is -0.493 e. The minimum atomic E-state index is -0.217. The van der Waals surface area contributed by atoms with Gasteiger partial charge in [-0.05, 0) is 43.2 Å². The van der Waals surface area contributed by atoms with Crippen LogP contribution in [0.3, 0.4) is 0 Å². The molecule has 2 aromatic carbocycles. The van der Waals surface area contributed by atoms with Gasteiger partial charge in [-0.25, -0.2) is 0 Å². The molecule has 0 aliphatic carbocycles. The van der Waals surface area contributed by atoms with Gasteiger partial charge in [0.05, 0.1) is 25.3 Å². The third kappa shape index (κ3) is 3.69. The topological polar surface area (TPSA) is 66.0 Å². The van der Waals surface area contributed by atoms with Gasteiger partial charge in [-0.3, -0.25) is 4.79 Å². The smallest absolute Gasteiger partial charge is 0.255 e. The van der Waals surface area contributed by atoms with E-state index in [0.29, 0.717) is 35.2 Å². The van der Waals surface area contributed by atoms with Gasteiger partial charge in [0.25, 0.3) is 5.91 Å². The molecule has 0 fully saturated rings. The summed E-state index contributed by atoms with van der Waals surface area (Å²) in [7, 11) is 1.60. The highest BCUT2D eigenvalue weighted by atomic mass is 16.7. The van der Waals surface area contributed by atoms with Gasteiger partial charge in [0.15, 0.2) is 23.0 Å². The zero-order valence-electron chi connectivity index (χ0n) is 15.2. The van der Waals surface area contributed by atoms with E-state index in [1.807, 2.05) is 32.0 Å². The number of para-hydroxylation sites is 1. The Hall–Kier alpha value is -2.89. The lowest BCUT2D eigenvalue weighted by Crippen LogP contribution is -2.27. The number of carbonyl (C=O) groups is 1. The van der Waals surface area contributed by atoms with Crippen LogP contribution in [0.2, 0.25) is 0 Å². The summed E-state index contributed by atoms with van der Waals surface area (Å²) in [5, 5.41) is 2.99. The van der Waals surface area contributed by atoms with E-state index in [1.54, 1.807) is 25.3 Å². The number of hydrogen-bond acceptors (Lipinski definition) is 5. The maximum absolute atomic E-state index is 12.6. The highest BCUT2D eigenvalue weighted by molar-refractivity contribution is 5.98. The second kappa shape index (κ2) is 7.99. The zero-order chi connectivity index (χ0) is 18.5. The zero-order valence-corrected chi connectivity index (χ0v) is 15.2. The van der Waals surface area contributed by atoms with E-state index in [4.69, 9.17) is 18.9 Å². The number of methoxy groups -OCH3 is 1. The molecule has 6 nitrogen and oxygen atoms in total. The molecule has 1 atom stereocenters. The van der Waals surface area contributed by atoms with Crippen molar-refractivity contribution in [1.29, 1.82) is 0 Å². The summed E-state index contributed by atoms with van der Waals surface area (Å²) in [5.41, 5.74) is 1.38. The quantitative estimate of drug-likeness (QED) is 0.818. The minimum absolute atomic E-state index is 0.131. The molecule has 1 N–H and O–H groups in total. The Labute approximate surface area is 153 Å². The van der Waals surface area contributed by atoms with Crippen LogP contribution in [-0.4, -0.2) is 26.4 Å². The summed E-state index contributed by atoms with van der Waals surface area (Å²) in [4.78, 5) is 12.6. The lowest BCUT2D eigenvalue weighted by molar-refractivity contribution is 0.0935. The summed E-state index contributed by atoms with van der Waals surface area (Å²) in [5.74, 6) is 2.20. The average Bonchev–Trinajstić information content (AvgIpc) is 3.14. The van der Waals surface area contributed by atoms with Crippen molar-refractivity contribution in [1.82, 2.24) is 5.32 Å². The van der Waals surface area contributed by atoms with Crippen LogP contribution in [0, 0.1) is 0 Å². The van der Waals surface area contributed by atoms with Crippen molar-refractivity contribution in [2.45, 2.75) is 26.3 Å². The second-order valence-corrected chi connectivity index (χ2v) is 5.99. The molecular weight excluding hydrogens is 334 g/mol. The first-order valence-corrected chi connectivity index (χ1v) is 8.64. The van der Waals surface area contributed by atoms with Crippen molar-refractivity contribution < 1.29 is 23.7 Å². The normalized spacial score (nSPS) is 13.2. The summed E-state index contributed by atoms with van der Waals surface area (Å²) in [6.45, 7) is 4.72. The number of amides is 1. The molecule has 1 aliphatic rings. The first-order valence-electron chi connectivity index (χ1n) is 8.64. The first kappa shape index (κ1) is 17.9. The van der Waals surface area contributed by atoms with Crippen LogP contribution in [0.1, 0.15) is 42.2 Å². The number of carbonyl (C=O) groups excluding carboxylic acids is 1. The molecule has 0 aromatic heterocycles. The third-order valence-electron chi connectivity index (χ3n) is 4.14. The molecule has 6 heteroatoms. The largest absolute Gasteiger partial charge is 0.493 e. The van der Waals surface area contributed by atoms with Crippen LogP contribution in [-0.2, 0) is 0 Å². The maximum atomic E-state index is 12.6. The molecule has 3 rings (SSSR count). The van der Waals surface area contributed by atoms with Crippen LogP contribution in [0.25, 0.3) is 0 Å². The summed E-state index contributed by atoms with van der Waals surface area (Å²) in [6, 6.07) is 10.7. The van der Waals surface area contributed by atoms with Gasteiger partial charge >= 0.3 is 0 Å². The Bertz CT molecular complexity index is 790. The first-order chi connectivity index (χ1) is 12.6. The van der Waals surface area contributed by atoms with Gasteiger partial charge < -0.3 is 24.3 Å². The van der Waals surface area contributed by atoms with E-state index in [1.165, 1.54) is 0 Å². The second-order valence-electron chi connectivity index (χ2n) is 5.99. The van der Waals surface area contributed by atoms with Crippen molar-refractivity contribution in [3.05, 3.63) is 47.5 Å². The fraction of sp³-hybridized carbons (Fsp3) is 0.350.